The second-order valence-corrected chi connectivity index (χ2v) is 4.58. The molecule has 0 aliphatic heterocycles. The number of fused-ring (bicyclic) bond motifs is 1. The SMILES string of the molecule is CCC[C@@H](C)Nc1ccnc2cc(OC)ccc12. The van der Waals surface area contributed by atoms with Gasteiger partial charge >= 0.3 is 0 Å². The van der Waals surface area contributed by atoms with Gasteiger partial charge in [0, 0.05) is 29.4 Å². The molecule has 0 saturated carbocycles. The molecular formula is C15H20N2O. The lowest BCUT2D eigenvalue weighted by Gasteiger charge is -2.16. The molecule has 2 aromatic rings. The van der Waals surface area contributed by atoms with Crippen LogP contribution in [0.25, 0.3) is 10.9 Å². The van der Waals surface area contributed by atoms with Crippen LogP contribution in [-0.2, 0) is 0 Å². The van der Waals surface area contributed by atoms with Gasteiger partial charge in [0.05, 0.1) is 12.6 Å². The Hall–Kier alpha value is -1.77. The van der Waals surface area contributed by atoms with Crippen molar-refractivity contribution >= 4 is 16.6 Å². The van der Waals surface area contributed by atoms with Crippen LogP contribution in [0, 0.1) is 0 Å². The number of ether oxygens (including phenoxy) is 1. The smallest absolute Gasteiger partial charge is 0.121 e. The summed E-state index contributed by atoms with van der Waals surface area (Å²) in [6, 6.07) is 8.50. The number of hydrogen-bond donors (Lipinski definition) is 1. The Morgan fingerprint density at radius 1 is 1.33 bits per heavy atom. The van der Waals surface area contributed by atoms with Gasteiger partial charge in [-0.05, 0) is 31.5 Å². The molecular weight excluding hydrogens is 224 g/mol. The summed E-state index contributed by atoms with van der Waals surface area (Å²) in [7, 11) is 1.67. The lowest BCUT2D eigenvalue weighted by Crippen LogP contribution is -2.14. The third-order valence-corrected chi connectivity index (χ3v) is 3.07. The van der Waals surface area contributed by atoms with Gasteiger partial charge in [0.25, 0.3) is 0 Å². The van der Waals surface area contributed by atoms with E-state index in [1.165, 1.54) is 12.8 Å². The Bertz CT molecular complexity index is 525. The van der Waals surface area contributed by atoms with E-state index in [2.05, 4.69) is 30.2 Å². The minimum Gasteiger partial charge on any atom is -0.497 e. The van der Waals surface area contributed by atoms with E-state index in [1.807, 2.05) is 24.4 Å². The highest BCUT2D eigenvalue weighted by atomic mass is 16.5. The molecule has 0 saturated heterocycles. The largest absolute Gasteiger partial charge is 0.497 e. The number of aromatic nitrogens is 1. The molecule has 1 aromatic carbocycles. The molecule has 1 aromatic heterocycles. The number of nitrogens with one attached hydrogen (secondary N) is 1. The van der Waals surface area contributed by atoms with Crippen LogP contribution < -0.4 is 10.1 Å². The zero-order valence-electron chi connectivity index (χ0n) is 11.2. The average molecular weight is 244 g/mol. The minimum absolute atomic E-state index is 0.475. The molecule has 0 bridgehead atoms. The summed E-state index contributed by atoms with van der Waals surface area (Å²) in [5, 5.41) is 4.68. The molecule has 0 radical (unpaired) electrons. The van der Waals surface area contributed by atoms with Crippen LogP contribution in [0.2, 0.25) is 0 Å². The van der Waals surface area contributed by atoms with Gasteiger partial charge in [-0.1, -0.05) is 13.3 Å². The van der Waals surface area contributed by atoms with Crippen LogP contribution in [0.3, 0.4) is 0 Å². The van der Waals surface area contributed by atoms with Crippen LogP contribution in [0.5, 0.6) is 5.75 Å². The topological polar surface area (TPSA) is 34.2 Å². The van der Waals surface area contributed by atoms with Gasteiger partial charge in [-0.2, -0.15) is 0 Å². The molecule has 0 amide bonds. The maximum Gasteiger partial charge on any atom is 0.121 e. The quantitative estimate of drug-likeness (QED) is 0.867. The maximum absolute atomic E-state index is 5.22. The average Bonchev–Trinajstić information content (AvgIpc) is 2.38. The Kier molecular flexibility index (Phi) is 4.03. The number of methoxy groups -OCH3 is 1. The first-order chi connectivity index (χ1) is 8.74. The highest BCUT2D eigenvalue weighted by molar-refractivity contribution is 5.91. The fourth-order valence-corrected chi connectivity index (χ4v) is 2.15. The Morgan fingerprint density at radius 2 is 2.17 bits per heavy atom. The molecule has 0 aliphatic carbocycles. The van der Waals surface area contributed by atoms with Crippen molar-refractivity contribution in [3.05, 3.63) is 30.5 Å². The molecule has 3 nitrogen and oxygen atoms in total. The molecule has 1 N–H and O–H groups in total. The molecule has 3 heteroatoms. The monoisotopic (exact) mass is 244 g/mol. The van der Waals surface area contributed by atoms with E-state index < -0.39 is 0 Å². The highest BCUT2D eigenvalue weighted by Crippen LogP contribution is 2.26. The number of anilines is 1. The summed E-state index contributed by atoms with van der Waals surface area (Å²) in [5.74, 6) is 0.841. The molecule has 0 spiro atoms. The number of pyridine rings is 1. The van der Waals surface area contributed by atoms with Gasteiger partial charge < -0.3 is 10.1 Å². The molecule has 18 heavy (non-hydrogen) atoms. The van der Waals surface area contributed by atoms with Crippen LogP contribution >= 0.6 is 0 Å². The first-order valence-electron chi connectivity index (χ1n) is 6.44. The molecule has 0 unspecified atom stereocenters. The number of hydrogen-bond acceptors (Lipinski definition) is 3. The normalized spacial score (nSPS) is 12.4. The Morgan fingerprint density at radius 3 is 2.89 bits per heavy atom. The van der Waals surface area contributed by atoms with E-state index in [1.54, 1.807) is 7.11 Å². The van der Waals surface area contributed by atoms with E-state index in [4.69, 9.17) is 4.74 Å². The second kappa shape index (κ2) is 5.71. The lowest BCUT2D eigenvalue weighted by molar-refractivity contribution is 0.415. The number of benzene rings is 1. The van der Waals surface area contributed by atoms with Crippen molar-refractivity contribution in [1.82, 2.24) is 4.98 Å². The van der Waals surface area contributed by atoms with Gasteiger partial charge in [0.2, 0.25) is 0 Å². The van der Waals surface area contributed by atoms with Crippen molar-refractivity contribution in [2.75, 3.05) is 12.4 Å². The van der Waals surface area contributed by atoms with Gasteiger partial charge in [-0.3, -0.25) is 4.98 Å². The molecule has 0 aliphatic rings. The van der Waals surface area contributed by atoms with Crippen LogP contribution in [-0.4, -0.2) is 18.1 Å². The molecule has 0 fully saturated rings. The summed E-state index contributed by atoms with van der Waals surface area (Å²) >= 11 is 0. The summed E-state index contributed by atoms with van der Waals surface area (Å²) in [5.41, 5.74) is 2.10. The Balaban J connectivity index is 2.33. The zero-order chi connectivity index (χ0) is 13.0. The van der Waals surface area contributed by atoms with Crippen molar-refractivity contribution in [3.8, 4) is 5.75 Å². The molecule has 96 valence electrons. The fourth-order valence-electron chi connectivity index (χ4n) is 2.15. The number of rotatable bonds is 5. The van der Waals surface area contributed by atoms with Crippen molar-refractivity contribution in [2.24, 2.45) is 0 Å². The van der Waals surface area contributed by atoms with Gasteiger partial charge in [-0.25, -0.2) is 0 Å². The van der Waals surface area contributed by atoms with E-state index in [0.717, 1.165) is 22.3 Å². The second-order valence-electron chi connectivity index (χ2n) is 4.58. The van der Waals surface area contributed by atoms with E-state index in [9.17, 15) is 0 Å². The van der Waals surface area contributed by atoms with Crippen LogP contribution in [0.4, 0.5) is 5.69 Å². The lowest BCUT2D eigenvalue weighted by atomic mass is 10.1. The molecule has 2 rings (SSSR count). The van der Waals surface area contributed by atoms with E-state index in [-0.39, 0.29) is 0 Å². The van der Waals surface area contributed by atoms with Crippen molar-refractivity contribution in [2.45, 2.75) is 32.7 Å². The maximum atomic E-state index is 5.22. The standard InChI is InChI=1S/C15H20N2O/c1-4-5-11(2)17-14-8-9-16-15-10-12(18-3)6-7-13(14)15/h6-11H,4-5H2,1-3H3,(H,16,17)/t11-/m1/s1. The fraction of sp³-hybridized carbons (Fsp3) is 0.400. The van der Waals surface area contributed by atoms with E-state index in [0.29, 0.717) is 6.04 Å². The van der Waals surface area contributed by atoms with Crippen molar-refractivity contribution in [1.29, 1.82) is 0 Å². The summed E-state index contributed by atoms with van der Waals surface area (Å²) in [6.45, 7) is 4.41. The number of nitrogens with zero attached hydrogens (tertiary/aromatic N) is 1. The van der Waals surface area contributed by atoms with E-state index >= 15 is 0 Å². The first-order valence-corrected chi connectivity index (χ1v) is 6.44. The van der Waals surface area contributed by atoms with Crippen LogP contribution in [0.15, 0.2) is 30.5 Å². The molecule has 1 heterocycles. The third kappa shape index (κ3) is 2.73. The van der Waals surface area contributed by atoms with Gasteiger partial charge in [0.1, 0.15) is 5.75 Å². The highest BCUT2D eigenvalue weighted by Gasteiger charge is 2.06. The summed E-state index contributed by atoms with van der Waals surface area (Å²) < 4.78 is 5.22. The van der Waals surface area contributed by atoms with Gasteiger partial charge in [-0.15, -0.1) is 0 Å². The van der Waals surface area contributed by atoms with Crippen molar-refractivity contribution < 1.29 is 4.74 Å². The summed E-state index contributed by atoms with van der Waals surface area (Å²) in [4.78, 5) is 4.38. The predicted molar refractivity (Wildman–Crippen MR) is 76.3 cm³/mol. The van der Waals surface area contributed by atoms with Crippen LogP contribution in [0.1, 0.15) is 26.7 Å². The predicted octanol–water partition coefficient (Wildman–Crippen LogP) is 3.84. The van der Waals surface area contributed by atoms with Gasteiger partial charge in [0.15, 0.2) is 0 Å². The minimum atomic E-state index is 0.475. The van der Waals surface area contributed by atoms with Crippen molar-refractivity contribution in [3.63, 3.8) is 0 Å². The summed E-state index contributed by atoms with van der Waals surface area (Å²) in [6.07, 6.45) is 4.19. The zero-order valence-corrected chi connectivity index (χ0v) is 11.2. The third-order valence-electron chi connectivity index (χ3n) is 3.07. The Labute approximate surface area is 108 Å². The molecule has 1 atom stereocenters. The first kappa shape index (κ1) is 12.7.